The Kier molecular flexibility index (Phi) is 8.23. The van der Waals surface area contributed by atoms with Crippen molar-refractivity contribution in [2.24, 2.45) is 12.8 Å². The fourth-order valence-electron chi connectivity index (χ4n) is 2.63. The van der Waals surface area contributed by atoms with Crippen LogP contribution in [-0.2, 0) is 27.5 Å². The highest BCUT2D eigenvalue weighted by Gasteiger charge is 2.32. The van der Waals surface area contributed by atoms with E-state index >= 15 is 0 Å². The molecule has 2 aromatic heterocycles. The van der Waals surface area contributed by atoms with Crippen LogP contribution in [0.25, 0.3) is 6.08 Å². The number of unbranched alkanes of at least 4 members (excludes halogenated alkanes) is 1. The molecule has 2 N–H and O–H groups in total. The minimum atomic E-state index is -4.60. The van der Waals surface area contributed by atoms with Gasteiger partial charge < -0.3 is 9.92 Å². The molecule has 2 aromatic rings. The number of carbonyl (C=O) groups is 1. The number of primary amides is 1. The number of rotatable bonds is 8. The van der Waals surface area contributed by atoms with Crippen LogP contribution in [0.3, 0.4) is 0 Å². The molecule has 0 unspecified atom stereocenters. The molecule has 0 aromatic carbocycles. The lowest BCUT2D eigenvalue weighted by Gasteiger charge is -2.10. The minimum absolute atomic E-state index is 0.0728. The van der Waals surface area contributed by atoms with Gasteiger partial charge in [-0.25, -0.2) is 9.78 Å². The minimum Gasteiger partial charge on any atom is -0.334 e. The standard InChI is InChI=1S/C18H20ClF3N4O4S2/c1-4-5-6-12(32(28,29)30-17(23)27)8-13-10(2)25-26(3)16(13)31-15-14(19)7-11(9-24-15)18(20,21)22/h7-9H,4-6H2,1-3H3,(H2,23,27)/b12-8+. The van der Waals surface area contributed by atoms with Crippen LogP contribution in [0, 0.1) is 6.92 Å². The summed E-state index contributed by atoms with van der Waals surface area (Å²) >= 11 is 6.92. The molecule has 0 atom stereocenters. The van der Waals surface area contributed by atoms with Crippen LogP contribution in [0.1, 0.15) is 43.0 Å². The molecule has 0 saturated heterocycles. The van der Waals surface area contributed by atoms with Crippen LogP contribution in [0.15, 0.2) is 27.2 Å². The van der Waals surface area contributed by atoms with Crippen molar-refractivity contribution in [3.63, 3.8) is 0 Å². The van der Waals surface area contributed by atoms with Crippen LogP contribution in [0.2, 0.25) is 5.02 Å². The first-order valence-corrected chi connectivity index (χ1v) is 11.7. The summed E-state index contributed by atoms with van der Waals surface area (Å²) in [7, 11) is -2.87. The molecular formula is C18H20ClF3N4O4S2. The fraction of sp³-hybridized carbons (Fsp3) is 0.389. The molecule has 8 nitrogen and oxygen atoms in total. The van der Waals surface area contributed by atoms with Crippen molar-refractivity contribution in [3.8, 4) is 0 Å². The van der Waals surface area contributed by atoms with Gasteiger partial charge in [-0.3, -0.25) is 4.68 Å². The third kappa shape index (κ3) is 6.39. The molecule has 32 heavy (non-hydrogen) atoms. The van der Waals surface area contributed by atoms with Gasteiger partial charge in [0.2, 0.25) is 0 Å². The van der Waals surface area contributed by atoms with Crippen molar-refractivity contribution in [1.29, 1.82) is 0 Å². The van der Waals surface area contributed by atoms with Gasteiger partial charge in [0.1, 0.15) is 10.1 Å². The van der Waals surface area contributed by atoms with Gasteiger partial charge in [-0.15, -0.1) is 0 Å². The van der Waals surface area contributed by atoms with Crippen LogP contribution in [0.5, 0.6) is 0 Å². The third-order valence-electron chi connectivity index (χ3n) is 4.14. The van der Waals surface area contributed by atoms with E-state index in [-0.39, 0.29) is 21.4 Å². The Labute approximate surface area is 192 Å². The Morgan fingerprint density at radius 1 is 1.41 bits per heavy atom. The van der Waals surface area contributed by atoms with Gasteiger partial charge in [0.05, 0.1) is 21.2 Å². The Balaban J connectivity index is 2.54. The first-order chi connectivity index (χ1) is 14.8. The Bertz CT molecular complexity index is 1150. The number of amides is 1. The van der Waals surface area contributed by atoms with Crippen LogP contribution < -0.4 is 5.73 Å². The van der Waals surface area contributed by atoms with Crippen molar-refractivity contribution < 1.29 is 30.6 Å². The molecule has 0 bridgehead atoms. The lowest BCUT2D eigenvalue weighted by Crippen LogP contribution is -2.20. The van der Waals surface area contributed by atoms with Crippen molar-refractivity contribution in [1.82, 2.24) is 14.8 Å². The number of allylic oxidation sites excluding steroid dienone is 1. The van der Waals surface area contributed by atoms with E-state index < -0.39 is 28.0 Å². The molecule has 0 aliphatic rings. The molecule has 2 rings (SSSR count). The second-order valence-corrected chi connectivity index (χ2v) is 9.59. The molecule has 0 aliphatic carbocycles. The van der Waals surface area contributed by atoms with Gasteiger partial charge in [-0.1, -0.05) is 24.9 Å². The number of halogens is 4. The van der Waals surface area contributed by atoms with Crippen molar-refractivity contribution in [2.75, 3.05) is 0 Å². The monoisotopic (exact) mass is 512 g/mol. The normalized spacial score (nSPS) is 12.8. The molecule has 2 heterocycles. The van der Waals surface area contributed by atoms with E-state index in [9.17, 15) is 26.4 Å². The number of nitrogens with two attached hydrogens (primary N) is 1. The summed E-state index contributed by atoms with van der Waals surface area (Å²) in [5, 5.41) is 4.46. The highest BCUT2D eigenvalue weighted by Crippen LogP contribution is 2.38. The van der Waals surface area contributed by atoms with Crippen molar-refractivity contribution in [2.45, 2.75) is 49.3 Å². The zero-order chi connectivity index (χ0) is 24.3. The summed E-state index contributed by atoms with van der Waals surface area (Å²) in [4.78, 5) is 14.6. The van der Waals surface area contributed by atoms with E-state index in [4.69, 9.17) is 17.3 Å². The highest BCUT2D eigenvalue weighted by molar-refractivity contribution is 7.99. The van der Waals surface area contributed by atoms with E-state index in [1.807, 2.05) is 6.92 Å². The Morgan fingerprint density at radius 2 is 2.06 bits per heavy atom. The number of hydrogen-bond donors (Lipinski definition) is 1. The van der Waals surface area contributed by atoms with Gasteiger partial charge in [0.15, 0.2) is 0 Å². The maximum Gasteiger partial charge on any atom is 0.420 e. The van der Waals surface area contributed by atoms with Gasteiger partial charge >= 0.3 is 22.4 Å². The molecule has 0 saturated carbocycles. The number of aryl methyl sites for hydroxylation is 2. The number of alkyl halides is 3. The average molecular weight is 513 g/mol. The summed E-state index contributed by atoms with van der Waals surface area (Å²) in [6.45, 7) is 3.48. The van der Waals surface area contributed by atoms with E-state index in [0.717, 1.165) is 17.8 Å². The predicted molar refractivity (Wildman–Crippen MR) is 113 cm³/mol. The lowest BCUT2D eigenvalue weighted by atomic mass is 10.2. The van der Waals surface area contributed by atoms with Crippen LogP contribution in [0.4, 0.5) is 18.0 Å². The quantitative estimate of drug-likeness (QED) is 0.499. The number of hydrogen-bond acceptors (Lipinski definition) is 7. The number of carbonyl (C=O) groups excluding carboxylic acids is 1. The molecule has 14 heteroatoms. The smallest absolute Gasteiger partial charge is 0.334 e. The zero-order valence-electron chi connectivity index (χ0n) is 17.2. The van der Waals surface area contributed by atoms with Crippen LogP contribution >= 0.6 is 23.4 Å². The Morgan fingerprint density at radius 3 is 2.59 bits per heavy atom. The Hall–Kier alpha value is -2.25. The summed E-state index contributed by atoms with van der Waals surface area (Å²) in [5.74, 6) is 0. The third-order valence-corrected chi connectivity index (χ3v) is 7.08. The van der Waals surface area contributed by atoms with E-state index in [1.54, 1.807) is 14.0 Å². The maximum atomic E-state index is 12.9. The fourth-order valence-corrected chi connectivity index (χ4v) is 4.83. The summed E-state index contributed by atoms with van der Waals surface area (Å²) in [6, 6.07) is 0.757. The van der Waals surface area contributed by atoms with E-state index in [0.29, 0.717) is 35.3 Å². The summed E-state index contributed by atoms with van der Waals surface area (Å²) in [6.07, 6.45) is -2.88. The van der Waals surface area contributed by atoms with Gasteiger partial charge in [0.25, 0.3) is 0 Å². The molecule has 0 spiro atoms. The lowest BCUT2D eigenvalue weighted by molar-refractivity contribution is -0.137. The molecule has 0 radical (unpaired) electrons. The van der Waals surface area contributed by atoms with Gasteiger partial charge in [-0.2, -0.15) is 26.7 Å². The number of pyridine rings is 1. The number of nitrogens with zero attached hydrogens (tertiary/aromatic N) is 3. The summed E-state index contributed by atoms with van der Waals surface area (Å²) < 4.78 is 69.3. The van der Waals surface area contributed by atoms with Gasteiger partial charge in [0, 0.05) is 18.8 Å². The second-order valence-electron chi connectivity index (χ2n) is 6.61. The molecule has 0 aliphatic heterocycles. The van der Waals surface area contributed by atoms with Crippen molar-refractivity contribution in [3.05, 3.63) is 39.0 Å². The molecule has 0 fully saturated rings. The van der Waals surface area contributed by atoms with Gasteiger partial charge in [-0.05, 0) is 43.7 Å². The van der Waals surface area contributed by atoms with E-state index in [1.165, 1.54) is 10.8 Å². The average Bonchev–Trinajstić information content (AvgIpc) is 2.91. The molecular weight excluding hydrogens is 493 g/mol. The second kappa shape index (κ2) is 10.1. The zero-order valence-corrected chi connectivity index (χ0v) is 19.6. The molecule has 176 valence electrons. The highest BCUT2D eigenvalue weighted by atomic mass is 35.5. The first kappa shape index (κ1) is 26.0. The topological polar surface area (TPSA) is 117 Å². The van der Waals surface area contributed by atoms with Crippen molar-refractivity contribution >= 4 is 45.7 Å². The molecule has 1 amide bonds. The van der Waals surface area contributed by atoms with E-state index in [2.05, 4.69) is 14.3 Å². The number of aromatic nitrogens is 3. The largest absolute Gasteiger partial charge is 0.420 e. The predicted octanol–water partition coefficient (Wildman–Crippen LogP) is 4.90. The SMILES string of the molecule is CCCC/C(=C\c1c(C)nn(C)c1Sc1ncc(C(F)(F)F)cc1Cl)S(=O)(=O)OC(N)=O. The maximum absolute atomic E-state index is 12.9. The van der Waals surface area contributed by atoms with Crippen LogP contribution in [-0.4, -0.2) is 29.3 Å². The summed E-state index contributed by atoms with van der Waals surface area (Å²) in [5.41, 5.74) is 4.67. The first-order valence-electron chi connectivity index (χ1n) is 9.15.